The molecule has 3 saturated carbocycles. The molecule has 0 aromatic heterocycles. The molecule has 6 heteroatoms. The summed E-state index contributed by atoms with van der Waals surface area (Å²) in [6.07, 6.45) is 8.74. The molecule has 2 amide bonds. The fraction of sp³-hybridized carbons (Fsp3) is 0.875. The van der Waals surface area contributed by atoms with E-state index in [2.05, 4.69) is 28.8 Å². The number of esters is 1. The molecular weight excluding hydrogens is 380 g/mol. The number of amides is 2. The average molecular weight is 419 g/mol. The summed E-state index contributed by atoms with van der Waals surface area (Å²) in [4.78, 5) is 37.8. The van der Waals surface area contributed by atoms with Crippen LogP contribution in [0, 0.1) is 34.5 Å². The predicted molar refractivity (Wildman–Crippen MR) is 113 cm³/mol. The second kappa shape index (κ2) is 7.83. The van der Waals surface area contributed by atoms with Gasteiger partial charge in [-0.25, -0.2) is 0 Å². The van der Waals surface area contributed by atoms with Crippen molar-refractivity contribution in [3.8, 4) is 0 Å². The van der Waals surface area contributed by atoms with Crippen LogP contribution in [-0.4, -0.2) is 49.4 Å². The number of ether oxygens (including phenoxy) is 1. The number of nitrogens with zero attached hydrogens (tertiary/aromatic N) is 1. The molecule has 4 aliphatic rings. The fourth-order valence-corrected chi connectivity index (χ4v) is 8.10. The molecule has 0 bridgehead atoms. The summed E-state index contributed by atoms with van der Waals surface area (Å²) in [6, 6.07) is 0.402. The second-order valence-corrected chi connectivity index (χ2v) is 10.9. The van der Waals surface area contributed by atoms with Gasteiger partial charge in [-0.15, -0.1) is 0 Å². The Hall–Kier alpha value is -1.59. The normalized spacial score (nSPS) is 42.7. The average Bonchev–Trinajstić information content (AvgIpc) is 3.05. The predicted octanol–water partition coefficient (Wildman–Crippen LogP) is 3.15. The third-order valence-electron chi connectivity index (χ3n) is 9.83. The molecule has 3 aliphatic carbocycles. The summed E-state index contributed by atoms with van der Waals surface area (Å²) in [5.41, 5.74) is 0.513. The first kappa shape index (κ1) is 21.6. The Morgan fingerprint density at radius 3 is 2.53 bits per heavy atom. The van der Waals surface area contributed by atoms with Gasteiger partial charge in [0.2, 0.25) is 11.8 Å². The first-order valence-electron chi connectivity index (χ1n) is 11.8. The van der Waals surface area contributed by atoms with Crippen molar-refractivity contribution in [1.29, 1.82) is 0 Å². The van der Waals surface area contributed by atoms with Crippen molar-refractivity contribution >= 4 is 17.8 Å². The van der Waals surface area contributed by atoms with Crippen molar-refractivity contribution in [2.45, 2.75) is 77.7 Å². The van der Waals surface area contributed by atoms with Crippen molar-refractivity contribution in [2.24, 2.45) is 34.5 Å². The Kier molecular flexibility index (Phi) is 5.65. The molecule has 0 unspecified atom stereocenters. The minimum Gasteiger partial charge on any atom is -0.469 e. The van der Waals surface area contributed by atoms with Crippen LogP contribution in [0.1, 0.15) is 71.6 Å². The molecule has 1 aliphatic heterocycles. The quantitative estimate of drug-likeness (QED) is 0.562. The number of hydrogen-bond donors (Lipinski definition) is 1. The molecule has 1 N–H and O–H groups in total. The minimum atomic E-state index is -0.482. The van der Waals surface area contributed by atoms with Gasteiger partial charge in [0.25, 0.3) is 0 Å². The van der Waals surface area contributed by atoms with Gasteiger partial charge in [-0.2, -0.15) is 0 Å². The number of carbonyl (C=O) groups is 3. The lowest BCUT2D eigenvalue weighted by molar-refractivity contribution is -0.158. The van der Waals surface area contributed by atoms with E-state index >= 15 is 0 Å². The maximum absolute atomic E-state index is 12.3. The highest BCUT2D eigenvalue weighted by atomic mass is 16.5. The summed E-state index contributed by atoms with van der Waals surface area (Å²) in [5, 5.41) is 3.00. The number of rotatable bonds is 4. The molecule has 0 radical (unpaired) electrons. The van der Waals surface area contributed by atoms with Crippen LogP contribution in [-0.2, 0) is 19.1 Å². The van der Waals surface area contributed by atoms with Crippen LogP contribution in [0.2, 0.25) is 0 Å². The largest absolute Gasteiger partial charge is 0.469 e. The summed E-state index contributed by atoms with van der Waals surface area (Å²) in [5.74, 6) is 2.24. The lowest BCUT2D eigenvalue weighted by Gasteiger charge is -2.61. The standard InChI is InChI=1S/C24H38N2O4/c1-23-11-9-18-16(6-8-19-24(18,2)12-10-21(28)26(19)3)17(23)7-5-15(23)14-25-20(27)13-22(29)30-4/h15-19H,5-14H2,1-4H3,(H,25,27)/t15-,16+,17+,18+,19-,23-,24-/m1/s1. The molecule has 1 saturated heterocycles. The van der Waals surface area contributed by atoms with Gasteiger partial charge < -0.3 is 15.0 Å². The minimum absolute atomic E-state index is 0.194. The van der Waals surface area contributed by atoms with Crippen LogP contribution in [0.5, 0.6) is 0 Å². The summed E-state index contributed by atoms with van der Waals surface area (Å²) in [7, 11) is 3.33. The van der Waals surface area contributed by atoms with Gasteiger partial charge in [-0.05, 0) is 79.4 Å². The number of carbonyl (C=O) groups excluding carboxylic acids is 3. The molecule has 4 fully saturated rings. The van der Waals surface area contributed by atoms with Crippen LogP contribution >= 0.6 is 0 Å². The Balaban J connectivity index is 1.44. The van der Waals surface area contributed by atoms with E-state index in [1.807, 2.05) is 7.05 Å². The van der Waals surface area contributed by atoms with Crippen molar-refractivity contribution in [3.05, 3.63) is 0 Å². The van der Waals surface area contributed by atoms with E-state index in [1.165, 1.54) is 32.8 Å². The van der Waals surface area contributed by atoms with Crippen LogP contribution < -0.4 is 5.32 Å². The zero-order valence-electron chi connectivity index (χ0n) is 19.0. The zero-order valence-corrected chi connectivity index (χ0v) is 19.0. The third kappa shape index (κ3) is 3.34. The van der Waals surface area contributed by atoms with Crippen molar-refractivity contribution in [3.63, 3.8) is 0 Å². The molecular formula is C24H38N2O4. The maximum atomic E-state index is 12.3. The van der Waals surface area contributed by atoms with Crippen LogP contribution in [0.4, 0.5) is 0 Å². The summed E-state index contributed by atoms with van der Waals surface area (Å²) >= 11 is 0. The van der Waals surface area contributed by atoms with Gasteiger partial charge in [0.05, 0.1) is 7.11 Å². The van der Waals surface area contributed by atoms with Gasteiger partial charge in [0.15, 0.2) is 0 Å². The molecule has 0 spiro atoms. The number of fused-ring (bicyclic) bond motifs is 5. The van der Waals surface area contributed by atoms with Crippen molar-refractivity contribution < 1.29 is 19.1 Å². The second-order valence-electron chi connectivity index (χ2n) is 10.9. The fourth-order valence-electron chi connectivity index (χ4n) is 8.10. The van der Waals surface area contributed by atoms with Crippen LogP contribution in [0.3, 0.4) is 0 Å². The molecule has 6 nitrogen and oxygen atoms in total. The molecule has 168 valence electrons. The van der Waals surface area contributed by atoms with E-state index in [4.69, 9.17) is 0 Å². The Morgan fingerprint density at radius 1 is 1.07 bits per heavy atom. The molecule has 0 aromatic carbocycles. The summed E-state index contributed by atoms with van der Waals surface area (Å²) < 4.78 is 4.60. The first-order valence-corrected chi connectivity index (χ1v) is 11.8. The van der Waals surface area contributed by atoms with Crippen LogP contribution in [0.15, 0.2) is 0 Å². The highest BCUT2D eigenvalue weighted by molar-refractivity contribution is 5.94. The smallest absolute Gasteiger partial charge is 0.315 e. The Morgan fingerprint density at radius 2 is 1.80 bits per heavy atom. The third-order valence-corrected chi connectivity index (χ3v) is 9.83. The molecule has 7 atom stereocenters. The number of methoxy groups -OCH3 is 1. The van der Waals surface area contributed by atoms with Gasteiger partial charge in [-0.3, -0.25) is 14.4 Å². The molecule has 4 rings (SSSR count). The van der Waals surface area contributed by atoms with Crippen molar-refractivity contribution in [2.75, 3.05) is 20.7 Å². The number of hydrogen-bond acceptors (Lipinski definition) is 4. The van der Waals surface area contributed by atoms with Gasteiger partial charge in [0, 0.05) is 26.1 Å². The number of likely N-dealkylation sites (tertiary alicyclic amines) is 1. The Bertz CT molecular complexity index is 724. The number of nitrogens with one attached hydrogen (secondary N) is 1. The Labute approximate surface area is 180 Å². The SMILES string of the molecule is COC(=O)CC(=O)NC[C@H]1CC[C@H]2[C@@H]3CC[C@H]4N(C)C(=O)CC[C@]4(C)[C@H]3CC[C@]12C. The highest BCUT2D eigenvalue weighted by Gasteiger charge is 2.60. The van der Waals surface area contributed by atoms with Crippen molar-refractivity contribution in [1.82, 2.24) is 10.2 Å². The molecule has 0 aromatic rings. The van der Waals surface area contributed by atoms with E-state index in [1.54, 1.807) is 0 Å². The molecule has 30 heavy (non-hydrogen) atoms. The van der Waals surface area contributed by atoms with Gasteiger partial charge in [-0.1, -0.05) is 13.8 Å². The van der Waals surface area contributed by atoms with E-state index in [0.717, 1.165) is 25.2 Å². The van der Waals surface area contributed by atoms with E-state index in [0.29, 0.717) is 42.7 Å². The van der Waals surface area contributed by atoms with E-state index in [-0.39, 0.29) is 23.2 Å². The molecule has 1 heterocycles. The first-order chi connectivity index (χ1) is 14.2. The monoisotopic (exact) mass is 418 g/mol. The summed E-state index contributed by atoms with van der Waals surface area (Å²) in [6.45, 7) is 5.57. The topological polar surface area (TPSA) is 75.7 Å². The van der Waals surface area contributed by atoms with Crippen LogP contribution in [0.25, 0.3) is 0 Å². The lowest BCUT2D eigenvalue weighted by atomic mass is 9.47. The highest BCUT2D eigenvalue weighted by Crippen LogP contribution is 2.66. The zero-order chi connectivity index (χ0) is 21.7. The lowest BCUT2D eigenvalue weighted by Crippen LogP contribution is -2.61. The van der Waals surface area contributed by atoms with E-state index in [9.17, 15) is 14.4 Å². The van der Waals surface area contributed by atoms with Gasteiger partial charge >= 0.3 is 5.97 Å². The van der Waals surface area contributed by atoms with E-state index < -0.39 is 5.97 Å². The van der Waals surface area contributed by atoms with Gasteiger partial charge in [0.1, 0.15) is 6.42 Å². The number of piperidine rings is 1. The maximum Gasteiger partial charge on any atom is 0.315 e.